The van der Waals surface area contributed by atoms with Gasteiger partial charge in [-0.1, -0.05) is 0 Å². The number of nitrogens with zero attached hydrogens (tertiary/aromatic N) is 2. The van der Waals surface area contributed by atoms with Crippen molar-refractivity contribution in [3.63, 3.8) is 0 Å². The molecule has 0 saturated carbocycles. The molecule has 10 nitrogen and oxygen atoms in total. The van der Waals surface area contributed by atoms with Crippen molar-refractivity contribution in [2.45, 2.75) is 0 Å². The van der Waals surface area contributed by atoms with E-state index in [4.69, 9.17) is 30.6 Å². The molecular formula is H6N4O6Pd. The van der Waals surface area contributed by atoms with Crippen LogP contribution in [-0.4, -0.2) is 10.2 Å². The van der Waals surface area contributed by atoms with Gasteiger partial charge in [0.05, 0.1) is 10.2 Å². The zero-order valence-electron chi connectivity index (χ0n) is 5.07. The molecule has 0 amide bonds. The topological polar surface area (TPSA) is 188 Å². The first-order valence-corrected chi connectivity index (χ1v) is 3.74. The van der Waals surface area contributed by atoms with Crippen molar-refractivity contribution in [1.82, 2.24) is 0 Å². The van der Waals surface area contributed by atoms with Crippen LogP contribution >= 0.6 is 0 Å². The van der Waals surface area contributed by atoms with Crippen molar-refractivity contribution in [2.24, 2.45) is 0 Å². The van der Waals surface area contributed by atoms with Crippen molar-refractivity contribution in [1.29, 1.82) is 0 Å². The Labute approximate surface area is 68.7 Å². The van der Waals surface area contributed by atoms with E-state index in [-0.39, 0.29) is 0 Å². The molecule has 11 heteroatoms. The van der Waals surface area contributed by atoms with E-state index in [2.05, 4.69) is 8.73 Å². The summed E-state index contributed by atoms with van der Waals surface area (Å²) in [6, 6.07) is 0. The molecule has 72 valence electrons. The molecule has 0 aromatic heterocycles. The molecule has 0 radical (unpaired) electrons. The van der Waals surface area contributed by atoms with Crippen molar-refractivity contribution >= 4 is 0 Å². The van der Waals surface area contributed by atoms with Crippen molar-refractivity contribution in [3.05, 3.63) is 30.6 Å². The maximum absolute atomic E-state index is 8.25. The van der Waals surface area contributed by atoms with E-state index >= 15 is 0 Å². The molecule has 6 N–H and O–H groups in total. The SMILES string of the molecule is O=[N+]([O-])[O-].O=[N+]([O-])[O-].[NH3+][Pd][NH3+]. The summed E-state index contributed by atoms with van der Waals surface area (Å²) in [6.45, 7) is 0. The standard InChI is InChI=1S/2NO3.2H3N.Pd/c2*2-1(3)4;;;/h;;2*1H3;/q2*-1;;;+2. The van der Waals surface area contributed by atoms with E-state index in [0.717, 1.165) is 0 Å². The zero-order chi connectivity index (χ0) is 9.86. The second kappa shape index (κ2) is 16.0. The van der Waals surface area contributed by atoms with Crippen LogP contribution in [0.25, 0.3) is 0 Å². The van der Waals surface area contributed by atoms with Gasteiger partial charge in [0, 0.05) is 0 Å². The molecule has 0 aliphatic carbocycles. The number of quaternary nitrogens is 2. The summed E-state index contributed by atoms with van der Waals surface area (Å²) in [7, 11) is 0. The van der Waals surface area contributed by atoms with Crippen LogP contribution in [0.15, 0.2) is 0 Å². The van der Waals surface area contributed by atoms with Crippen molar-refractivity contribution in [3.8, 4) is 0 Å². The molecule has 0 fully saturated rings. The molecular weight excluding hydrogens is 258 g/mol. The van der Waals surface area contributed by atoms with Crippen LogP contribution in [0.1, 0.15) is 0 Å². The molecule has 0 saturated heterocycles. The van der Waals surface area contributed by atoms with Gasteiger partial charge >= 0.3 is 27.2 Å². The van der Waals surface area contributed by atoms with Crippen LogP contribution in [0.4, 0.5) is 0 Å². The summed E-state index contributed by atoms with van der Waals surface area (Å²) in [4.78, 5) is 16.5. The van der Waals surface area contributed by atoms with Crippen LogP contribution in [0.2, 0.25) is 0 Å². The van der Waals surface area contributed by atoms with Gasteiger partial charge in [-0.2, -0.15) is 0 Å². The maximum atomic E-state index is 8.25. The summed E-state index contributed by atoms with van der Waals surface area (Å²) in [5.74, 6) is 0. The quantitative estimate of drug-likeness (QED) is 0.265. The summed E-state index contributed by atoms with van der Waals surface area (Å²) >= 11 is 0.450. The first-order valence-electron chi connectivity index (χ1n) is 1.54. The van der Waals surface area contributed by atoms with Gasteiger partial charge in [-0.05, 0) is 0 Å². The molecule has 0 aromatic rings. The van der Waals surface area contributed by atoms with Crippen LogP contribution < -0.4 is 8.73 Å². The number of rotatable bonds is 0. The van der Waals surface area contributed by atoms with E-state index in [9.17, 15) is 0 Å². The van der Waals surface area contributed by atoms with Gasteiger partial charge < -0.3 is 30.6 Å². The third kappa shape index (κ3) is 423. The van der Waals surface area contributed by atoms with Crippen LogP contribution in [-0.2, 0) is 18.5 Å². The molecule has 0 spiro atoms. The van der Waals surface area contributed by atoms with Crippen molar-refractivity contribution in [2.75, 3.05) is 0 Å². The van der Waals surface area contributed by atoms with Gasteiger partial charge in [0.2, 0.25) is 0 Å². The fraction of sp³-hybridized carbons (Fsp3) is 0. The average Bonchev–Trinajstić information content (AvgIpc) is 1.60. The van der Waals surface area contributed by atoms with E-state index in [0.29, 0.717) is 18.5 Å². The Morgan fingerprint density at radius 2 is 0.909 bits per heavy atom. The normalized spacial score (nSPS) is 6.36. The van der Waals surface area contributed by atoms with Crippen LogP contribution in [0.5, 0.6) is 0 Å². The minimum absolute atomic E-state index is 0.450. The summed E-state index contributed by atoms with van der Waals surface area (Å²) in [5, 5.41) is 29.5. The molecule has 0 rings (SSSR count). The first kappa shape index (κ1) is 16.5. The van der Waals surface area contributed by atoms with Gasteiger partial charge in [0.15, 0.2) is 0 Å². The van der Waals surface area contributed by atoms with E-state index in [1.165, 1.54) is 0 Å². The summed E-state index contributed by atoms with van der Waals surface area (Å²) < 4.78 is 6.85. The third-order valence-electron chi connectivity index (χ3n) is 0. The Bertz CT molecular complexity index is 82.8. The average molecular weight is 264 g/mol. The minimum atomic E-state index is -1.75. The Morgan fingerprint density at radius 1 is 0.909 bits per heavy atom. The molecule has 0 aliphatic rings. The molecule has 0 atom stereocenters. The summed E-state index contributed by atoms with van der Waals surface area (Å²) in [6.07, 6.45) is 0. The Morgan fingerprint density at radius 3 is 0.909 bits per heavy atom. The van der Waals surface area contributed by atoms with E-state index < -0.39 is 10.2 Å². The van der Waals surface area contributed by atoms with Gasteiger partial charge in [0.1, 0.15) is 0 Å². The molecule has 0 heterocycles. The zero-order valence-corrected chi connectivity index (χ0v) is 6.63. The fourth-order valence-corrected chi connectivity index (χ4v) is 0. The molecule has 0 bridgehead atoms. The van der Waals surface area contributed by atoms with E-state index in [1.54, 1.807) is 0 Å². The van der Waals surface area contributed by atoms with Gasteiger partial charge in [0.25, 0.3) is 0 Å². The number of hydrogen-bond donors (Lipinski definition) is 2. The Hall–Kier alpha value is -1.02. The monoisotopic (exact) mass is 264 g/mol. The van der Waals surface area contributed by atoms with Crippen LogP contribution in [0, 0.1) is 30.6 Å². The predicted molar refractivity (Wildman–Crippen MR) is 26.5 cm³/mol. The summed E-state index contributed by atoms with van der Waals surface area (Å²) in [5.41, 5.74) is 0. The third-order valence-corrected chi connectivity index (χ3v) is 0. The second-order valence-corrected chi connectivity index (χ2v) is 1.38. The Balaban J connectivity index is -0.0000000886. The second-order valence-electron chi connectivity index (χ2n) is 0.605. The van der Waals surface area contributed by atoms with E-state index in [1.807, 2.05) is 0 Å². The predicted octanol–water partition coefficient (Wildman–Crippen LogP) is -3.10. The molecule has 0 aromatic carbocycles. The Kier molecular flexibility index (Phi) is 24.0. The van der Waals surface area contributed by atoms with Gasteiger partial charge in [-0.15, -0.1) is 0 Å². The first-order chi connectivity index (χ1) is 4.88. The molecule has 0 aliphatic heterocycles. The van der Waals surface area contributed by atoms with Gasteiger partial charge in [-0.25, -0.2) is 0 Å². The fourth-order valence-electron chi connectivity index (χ4n) is 0. The van der Waals surface area contributed by atoms with Gasteiger partial charge in [-0.3, -0.25) is 0 Å². The molecule has 0 unspecified atom stereocenters. The molecule has 11 heavy (non-hydrogen) atoms. The van der Waals surface area contributed by atoms with Crippen LogP contribution in [0.3, 0.4) is 0 Å². The van der Waals surface area contributed by atoms with Crippen molar-refractivity contribution < 1.29 is 37.4 Å². The number of hydrogen-bond acceptors (Lipinski definition) is 6.